The third-order valence-electron chi connectivity index (χ3n) is 4.98. The SMILES string of the molecule is NC1CCCC(C(=O)NCC2(c3cccc(Cl)c3)CC2)C1. The molecule has 0 aliphatic heterocycles. The molecule has 0 radical (unpaired) electrons. The lowest BCUT2D eigenvalue weighted by Crippen LogP contribution is -2.40. The van der Waals surface area contributed by atoms with Crippen LogP contribution in [0.2, 0.25) is 5.02 Å². The fourth-order valence-corrected chi connectivity index (χ4v) is 3.59. The molecule has 2 aliphatic carbocycles. The molecule has 2 fully saturated rings. The highest BCUT2D eigenvalue weighted by atomic mass is 35.5. The Hall–Kier alpha value is -1.06. The Kier molecular flexibility index (Phi) is 4.23. The maximum atomic E-state index is 12.3. The summed E-state index contributed by atoms with van der Waals surface area (Å²) >= 11 is 6.08. The standard InChI is InChI=1S/C17H23ClN2O/c18-14-5-2-4-13(10-14)17(7-8-17)11-20-16(21)12-3-1-6-15(19)9-12/h2,4-5,10,12,15H,1,3,6-9,11,19H2,(H,20,21). The number of carbonyl (C=O) groups excluding carboxylic acids is 1. The lowest BCUT2D eigenvalue weighted by molar-refractivity contribution is -0.126. The molecule has 0 aromatic heterocycles. The number of halogens is 1. The van der Waals surface area contributed by atoms with Gasteiger partial charge in [-0.25, -0.2) is 0 Å². The van der Waals surface area contributed by atoms with Gasteiger partial charge in [0.25, 0.3) is 0 Å². The van der Waals surface area contributed by atoms with Crippen LogP contribution in [0, 0.1) is 5.92 Å². The summed E-state index contributed by atoms with van der Waals surface area (Å²) in [5.41, 5.74) is 7.32. The quantitative estimate of drug-likeness (QED) is 0.898. The first-order valence-corrected chi connectivity index (χ1v) is 8.26. The van der Waals surface area contributed by atoms with Crippen LogP contribution in [0.4, 0.5) is 0 Å². The predicted octanol–water partition coefficient (Wildman–Crippen LogP) is 3.01. The first-order valence-electron chi connectivity index (χ1n) is 7.88. The molecule has 21 heavy (non-hydrogen) atoms. The first kappa shape index (κ1) is 14.9. The summed E-state index contributed by atoms with van der Waals surface area (Å²) < 4.78 is 0. The fourth-order valence-electron chi connectivity index (χ4n) is 3.40. The van der Waals surface area contributed by atoms with Crippen molar-refractivity contribution in [3.8, 4) is 0 Å². The molecule has 1 aromatic rings. The minimum absolute atomic E-state index is 0.101. The van der Waals surface area contributed by atoms with E-state index in [2.05, 4.69) is 11.4 Å². The number of carbonyl (C=O) groups is 1. The topological polar surface area (TPSA) is 55.1 Å². The summed E-state index contributed by atoms with van der Waals surface area (Å²) in [5.74, 6) is 0.280. The Bertz CT molecular complexity index is 527. The fraction of sp³-hybridized carbons (Fsp3) is 0.588. The van der Waals surface area contributed by atoms with E-state index in [4.69, 9.17) is 17.3 Å². The van der Waals surface area contributed by atoms with Crippen LogP contribution >= 0.6 is 11.6 Å². The van der Waals surface area contributed by atoms with E-state index in [1.54, 1.807) is 0 Å². The predicted molar refractivity (Wildman–Crippen MR) is 85.3 cm³/mol. The van der Waals surface area contributed by atoms with Crippen molar-refractivity contribution in [2.45, 2.75) is 50.0 Å². The van der Waals surface area contributed by atoms with Crippen LogP contribution in [0.3, 0.4) is 0 Å². The summed E-state index contributed by atoms with van der Waals surface area (Å²) in [6.45, 7) is 0.720. The Labute approximate surface area is 131 Å². The van der Waals surface area contributed by atoms with Crippen LogP contribution in [0.1, 0.15) is 44.1 Å². The number of amides is 1. The van der Waals surface area contributed by atoms with Crippen LogP contribution in [-0.2, 0) is 10.2 Å². The molecule has 2 saturated carbocycles. The van der Waals surface area contributed by atoms with E-state index >= 15 is 0 Å². The smallest absolute Gasteiger partial charge is 0.223 e. The summed E-state index contributed by atoms with van der Waals surface area (Å²) in [7, 11) is 0. The maximum Gasteiger partial charge on any atom is 0.223 e. The monoisotopic (exact) mass is 306 g/mol. The molecule has 4 heteroatoms. The van der Waals surface area contributed by atoms with Crippen LogP contribution in [0.5, 0.6) is 0 Å². The summed E-state index contributed by atoms with van der Waals surface area (Å²) in [4.78, 5) is 12.3. The van der Waals surface area contributed by atoms with Crippen molar-refractivity contribution in [3.05, 3.63) is 34.9 Å². The van der Waals surface area contributed by atoms with Gasteiger partial charge < -0.3 is 11.1 Å². The molecule has 3 nitrogen and oxygen atoms in total. The van der Waals surface area contributed by atoms with Gasteiger partial charge in [-0.1, -0.05) is 30.2 Å². The lowest BCUT2D eigenvalue weighted by Gasteiger charge is -2.26. The van der Waals surface area contributed by atoms with Crippen LogP contribution < -0.4 is 11.1 Å². The molecular weight excluding hydrogens is 284 g/mol. The van der Waals surface area contributed by atoms with E-state index in [9.17, 15) is 4.79 Å². The maximum absolute atomic E-state index is 12.3. The average Bonchev–Trinajstić information content (AvgIpc) is 3.26. The Balaban J connectivity index is 1.58. The molecule has 0 spiro atoms. The van der Waals surface area contributed by atoms with E-state index in [0.29, 0.717) is 0 Å². The molecule has 2 unspecified atom stereocenters. The molecule has 1 amide bonds. The number of hydrogen-bond acceptors (Lipinski definition) is 2. The largest absolute Gasteiger partial charge is 0.355 e. The highest BCUT2D eigenvalue weighted by molar-refractivity contribution is 6.30. The molecule has 3 rings (SSSR count). The van der Waals surface area contributed by atoms with Gasteiger partial charge in [0.2, 0.25) is 5.91 Å². The molecule has 0 bridgehead atoms. The molecule has 0 heterocycles. The normalized spacial score (nSPS) is 27.1. The summed E-state index contributed by atoms with van der Waals surface area (Å²) in [6.07, 6.45) is 6.17. The second-order valence-electron chi connectivity index (χ2n) is 6.63. The summed E-state index contributed by atoms with van der Waals surface area (Å²) in [6, 6.07) is 8.21. The highest BCUT2D eigenvalue weighted by Crippen LogP contribution is 2.48. The van der Waals surface area contributed by atoms with Gasteiger partial charge in [-0.05, 0) is 49.8 Å². The van der Waals surface area contributed by atoms with Crippen molar-refractivity contribution in [1.29, 1.82) is 0 Å². The van der Waals surface area contributed by atoms with E-state index in [1.807, 2.05) is 18.2 Å². The minimum Gasteiger partial charge on any atom is -0.355 e. The van der Waals surface area contributed by atoms with Gasteiger partial charge in [0, 0.05) is 28.9 Å². The molecule has 3 N–H and O–H groups in total. The Morgan fingerprint density at radius 1 is 1.38 bits per heavy atom. The molecule has 114 valence electrons. The number of benzene rings is 1. The number of nitrogens with two attached hydrogens (primary N) is 1. The minimum atomic E-state index is 0.101. The van der Waals surface area contributed by atoms with Gasteiger partial charge >= 0.3 is 0 Å². The number of rotatable bonds is 4. The zero-order valence-electron chi connectivity index (χ0n) is 12.3. The van der Waals surface area contributed by atoms with E-state index in [-0.39, 0.29) is 23.3 Å². The van der Waals surface area contributed by atoms with Crippen molar-refractivity contribution in [2.75, 3.05) is 6.54 Å². The van der Waals surface area contributed by atoms with Crippen molar-refractivity contribution < 1.29 is 4.79 Å². The van der Waals surface area contributed by atoms with Gasteiger partial charge in [0.05, 0.1) is 0 Å². The lowest BCUT2D eigenvalue weighted by atomic mass is 9.85. The van der Waals surface area contributed by atoms with Crippen molar-refractivity contribution >= 4 is 17.5 Å². The van der Waals surface area contributed by atoms with Crippen molar-refractivity contribution in [2.24, 2.45) is 11.7 Å². The van der Waals surface area contributed by atoms with Gasteiger partial charge in [-0.2, -0.15) is 0 Å². The first-order chi connectivity index (χ1) is 10.1. The summed E-state index contributed by atoms with van der Waals surface area (Å²) in [5, 5.41) is 3.92. The van der Waals surface area contributed by atoms with Crippen LogP contribution in [0.15, 0.2) is 24.3 Å². The number of nitrogens with one attached hydrogen (secondary N) is 1. The van der Waals surface area contributed by atoms with Gasteiger partial charge in [-0.3, -0.25) is 4.79 Å². The molecule has 2 atom stereocenters. The number of hydrogen-bond donors (Lipinski definition) is 2. The average molecular weight is 307 g/mol. The zero-order chi connectivity index (χ0) is 14.9. The zero-order valence-corrected chi connectivity index (χ0v) is 13.0. The molecule has 0 saturated heterocycles. The van der Waals surface area contributed by atoms with Crippen LogP contribution in [-0.4, -0.2) is 18.5 Å². The third kappa shape index (κ3) is 3.41. The third-order valence-corrected chi connectivity index (χ3v) is 5.21. The van der Waals surface area contributed by atoms with Crippen molar-refractivity contribution in [1.82, 2.24) is 5.32 Å². The van der Waals surface area contributed by atoms with E-state index in [1.165, 1.54) is 5.56 Å². The van der Waals surface area contributed by atoms with E-state index < -0.39 is 0 Å². The highest BCUT2D eigenvalue weighted by Gasteiger charge is 2.44. The van der Waals surface area contributed by atoms with Gasteiger partial charge in [0.1, 0.15) is 0 Å². The second kappa shape index (κ2) is 5.98. The Morgan fingerprint density at radius 3 is 2.86 bits per heavy atom. The van der Waals surface area contributed by atoms with Crippen LogP contribution in [0.25, 0.3) is 0 Å². The van der Waals surface area contributed by atoms with E-state index in [0.717, 1.165) is 50.1 Å². The van der Waals surface area contributed by atoms with Gasteiger partial charge in [-0.15, -0.1) is 0 Å². The van der Waals surface area contributed by atoms with Crippen molar-refractivity contribution in [3.63, 3.8) is 0 Å². The van der Waals surface area contributed by atoms with Gasteiger partial charge in [0.15, 0.2) is 0 Å². The molecule has 2 aliphatic rings. The second-order valence-corrected chi connectivity index (χ2v) is 7.07. The Morgan fingerprint density at radius 2 is 2.19 bits per heavy atom. The molecule has 1 aromatic carbocycles. The molecular formula is C17H23ClN2O.